The van der Waals surface area contributed by atoms with E-state index in [4.69, 9.17) is 27.9 Å². The molecule has 1 atom stereocenters. The van der Waals surface area contributed by atoms with E-state index in [2.05, 4.69) is 4.98 Å². The lowest BCUT2D eigenvalue weighted by molar-refractivity contribution is -0.139. The van der Waals surface area contributed by atoms with Gasteiger partial charge in [0.15, 0.2) is 0 Å². The number of hydrogen-bond donors (Lipinski definition) is 1. The Morgan fingerprint density at radius 3 is 2.65 bits per heavy atom. The summed E-state index contributed by atoms with van der Waals surface area (Å²) < 4.78 is 5.68. The number of aliphatic hydroxyl groups excluding tert-OH is 1. The number of halogens is 2. The Morgan fingerprint density at radius 2 is 2.10 bits per heavy atom. The second-order valence-electron chi connectivity index (χ2n) is 5.37. The van der Waals surface area contributed by atoms with Gasteiger partial charge in [-0.2, -0.15) is 0 Å². The van der Waals surface area contributed by atoms with Gasteiger partial charge < -0.3 is 14.7 Å². The minimum Gasteiger partial charge on any atom is -0.394 e. The van der Waals surface area contributed by atoms with Crippen LogP contribution in [0.3, 0.4) is 0 Å². The van der Waals surface area contributed by atoms with Crippen LogP contribution in [0.1, 0.15) is 24.2 Å². The maximum Gasteiger partial charge on any atom is 0.254 e. The van der Waals surface area contributed by atoms with Crippen molar-refractivity contribution in [2.75, 3.05) is 19.7 Å². The average molecular weight is 319 g/mol. The fraction of sp³-hybridized carbons (Fsp3) is 0.538. The van der Waals surface area contributed by atoms with Crippen molar-refractivity contribution < 1.29 is 14.6 Å². The number of carbonyl (C=O) groups is 1. The molecular weight excluding hydrogens is 303 g/mol. The van der Waals surface area contributed by atoms with Crippen LogP contribution in [0.15, 0.2) is 12.1 Å². The van der Waals surface area contributed by atoms with Crippen LogP contribution < -0.4 is 0 Å². The Bertz CT molecular complexity index is 502. The number of amides is 1. The Hall–Kier alpha value is -0.880. The van der Waals surface area contributed by atoms with Gasteiger partial charge in [0.1, 0.15) is 10.3 Å². The molecule has 20 heavy (non-hydrogen) atoms. The van der Waals surface area contributed by atoms with E-state index in [-0.39, 0.29) is 22.8 Å². The highest BCUT2D eigenvalue weighted by atomic mass is 35.5. The van der Waals surface area contributed by atoms with E-state index in [9.17, 15) is 9.90 Å². The summed E-state index contributed by atoms with van der Waals surface area (Å²) in [4.78, 5) is 17.9. The fourth-order valence-corrected chi connectivity index (χ4v) is 2.78. The Kier molecular flexibility index (Phi) is 4.54. The number of aliphatic hydroxyl groups is 1. The van der Waals surface area contributed by atoms with Crippen LogP contribution >= 0.6 is 23.2 Å². The zero-order chi connectivity index (χ0) is 14.9. The van der Waals surface area contributed by atoms with Crippen LogP contribution in [0.2, 0.25) is 10.3 Å². The van der Waals surface area contributed by atoms with Gasteiger partial charge >= 0.3 is 0 Å². The monoisotopic (exact) mass is 318 g/mol. The molecule has 1 N–H and O–H groups in total. The first kappa shape index (κ1) is 15.5. The molecule has 1 unspecified atom stereocenters. The van der Waals surface area contributed by atoms with Gasteiger partial charge in [-0.25, -0.2) is 4.98 Å². The third kappa shape index (κ3) is 3.61. The molecule has 110 valence electrons. The number of rotatable bonds is 2. The highest BCUT2D eigenvalue weighted by Gasteiger charge is 2.35. The summed E-state index contributed by atoms with van der Waals surface area (Å²) in [6.45, 7) is 4.38. The fourth-order valence-electron chi connectivity index (χ4n) is 2.32. The average Bonchev–Trinajstić information content (AvgIpc) is 2.34. The first-order valence-electron chi connectivity index (χ1n) is 6.22. The SMILES string of the molecule is CC1(C)CN(C(=O)c2cc(Cl)nc(Cl)c2)CC(CO)O1. The minimum atomic E-state index is -0.512. The summed E-state index contributed by atoms with van der Waals surface area (Å²) >= 11 is 11.6. The van der Waals surface area contributed by atoms with Gasteiger partial charge in [-0.05, 0) is 26.0 Å². The Labute approximate surface area is 127 Å². The van der Waals surface area contributed by atoms with Gasteiger partial charge in [-0.1, -0.05) is 23.2 Å². The Morgan fingerprint density at radius 1 is 1.50 bits per heavy atom. The van der Waals surface area contributed by atoms with Gasteiger partial charge in [-0.3, -0.25) is 4.79 Å². The van der Waals surface area contributed by atoms with Crippen molar-refractivity contribution >= 4 is 29.1 Å². The molecule has 1 amide bonds. The second kappa shape index (κ2) is 5.85. The van der Waals surface area contributed by atoms with E-state index in [0.29, 0.717) is 18.7 Å². The van der Waals surface area contributed by atoms with Crippen molar-refractivity contribution in [2.45, 2.75) is 25.6 Å². The normalized spacial score (nSPS) is 21.9. The van der Waals surface area contributed by atoms with E-state index in [1.54, 1.807) is 4.90 Å². The van der Waals surface area contributed by atoms with Crippen molar-refractivity contribution in [1.29, 1.82) is 0 Å². The first-order valence-corrected chi connectivity index (χ1v) is 6.97. The molecule has 2 heterocycles. The molecule has 1 aromatic rings. The maximum atomic E-state index is 12.5. The molecule has 1 aliphatic rings. The van der Waals surface area contributed by atoms with Crippen molar-refractivity contribution in [3.8, 4) is 0 Å². The summed E-state index contributed by atoms with van der Waals surface area (Å²) in [5.74, 6) is -0.203. The molecule has 1 saturated heterocycles. The highest BCUT2D eigenvalue weighted by Crippen LogP contribution is 2.23. The molecule has 2 rings (SSSR count). The molecule has 5 nitrogen and oxygen atoms in total. The zero-order valence-corrected chi connectivity index (χ0v) is 12.8. The number of carbonyl (C=O) groups excluding carboxylic acids is 1. The molecule has 7 heteroatoms. The third-order valence-electron chi connectivity index (χ3n) is 2.98. The number of aromatic nitrogens is 1. The van der Waals surface area contributed by atoms with Crippen LogP contribution in [-0.2, 0) is 4.74 Å². The van der Waals surface area contributed by atoms with Crippen molar-refractivity contribution in [3.63, 3.8) is 0 Å². The van der Waals surface area contributed by atoms with Gasteiger partial charge in [0.05, 0.1) is 18.3 Å². The Balaban J connectivity index is 2.23. The van der Waals surface area contributed by atoms with Crippen LogP contribution in [0.25, 0.3) is 0 Å². The molecule has 1 fully saturated rings. The minimum absolute atomic E-state index is 0.134. The predicted molar refractivity (Wildman–Crippen MR) is 76.2 cm³/mol. The number of pyridine rings is 1. The van der Waals surface area contributed by atoms with Gasteiger partial charge in [0.2, 0.25) is 0 Å². The van der Waals surface area contributed by atoms with E-state index >= 15 is 0 Å². The third-order valence-corrected chi connectivity index (χ3v) is 3.37. The summed E-state index contributed by atoms with van der Waals surface area (Å²) in [6, 6.07) is 2.96. The lowest BCUT2D eigenvalue weighted by Gasteiger charge is -2.42. The number of morpholine rings is 1. The van der Waals surface area contributed by atoms with E-state index in [1.807, 2.05) is 13.8 Å². The van der Waals surface area contributed by atoms with E-state index in [0.717, 1.165) is 0 Å². The largest absolute Gasteiger partial charge is 0.394 e. The van der Waals surface area contributed by atoms with Crippen molar-refractivity contribution in [3.05, 3.63) is 28.0 Å². The number of ether oxygens (including phenoxy) is 1. The molecule has 0 saturated carbocycles. The van der Waals surface area contributed by atoms with E-state index < -0.39 is 11.7 Å². The second-order valence-corrected chi connectivity index (χ2v) is 6.14. The molecular formula is C13H16Cl2N2O3. The summed E-state index contributed by atoms with van der Waals surface area (Å²) in [5, 5.41) is 9.61. The molecule has 0 spiro atoms. The topological polar surface area (TPSA) is 62.7 Å². The molecule has 0 bridgehead atoms. The quantitative estimate of drug-likeness (QED) is 0.847. The van der Waals surface area contributed by atoms with Crippen molar-refractivity contribution in [1.82, 2.24) is 9.88 Å². The predicted octanol–water partition coefficient (Wildman–Crippen LogP) is 2.00. The van der Waals surface area contributed by atoms with Crippen LogP contribution in [0.5, 0.6) is 0 Å². The van der Waals surface area contributed by atoms with Gasteiger partial charge in [-0.15, -0.1) is 0 Å². The summed E-state index contributed by atoms with van der Waals surface area (Å²) in [6.07, 6.45) is -0.393. The maximum absolute atomic E-state index is 12.5. The van der Waals surface area contributed by atoms with Crippen LogP contribution in [0, 0.1) is 0 Å². The number of nitrogens with zero attached hydrogens (tertiary/aromatic N) is 2. The lowest BCUT2D eigenvalue weighted by Crippen LogP contribution is -2.55. The van der Waals surface area contributed by atoms with Crippen LogP contribution in [0.4, 0.5) is 0 Å². The first-order chi connectivity index (χ1) is 9.30. The highest BCUT2D eigenvalue weighted by molar-refractivity contribution is 6.33. The molecule has 0 aliphatic carbocycles. The summed E-state index contributed by atoms with van der Waals surface area (Å²) in [7, 11) is 0. The molecule has 1 aliphatic heterocycles. The standard InChI is InChI=1S/C13H16Cl2N2O3/c1-13(2)7-17(5-9(6-18)20-13)12(19)8-3-10(14)16-11(15)4-8/h3-4,9,18H,5-7H2,1-2H3. The molecule has 0 aromatic carbocycles. The summed E-state index contributed by atoms with van der Waals surface area (Å²) in [5.41, 5.74) is -0.133. The van der Waals surface area contributed by atoms with Crippen molar-refractivity contribution in [2.24, 2.45) is 0 Å². The smallest absolute Gasteiger partial charge is 0.254 e. The lowest BCUT2D eigenvalue weighted by atomic mass is 10.0. The van der Waals surface area contributed by atoms with E-state index in [1.165, 1.54) is 12.1 Å². The zero-order valence-electron chi connectivity index (χ0n) is 11.3. The molecule has 1 aromatic heterocycles. The van der Waals surface area contributed by atoms with Gasteiger partial charge in [0, 0.05) is 18.7 Å². The molecule has 0 radical (unpaired) electrons. The van der Waals surface area contributed by atoms with Crippen LogP contribution in [-0.4, -0.2) is 52.3 Å². The van der Waals surface area contributed by atoms with Gasteiger partial charge in [0.25, 0.3) is 5.91 Å². The number of hydrogen-bond acceptors (Lipinski definition) is 4.